The Labute approximate surface area is 177 Å². The smallest absolute Gasteiger partial charge is 0.240 e. The average molecular weight is 418 g/mol. The Morgan fingerprint density at radius 2 is 1.50 bits per heavy atom. The van der Waals surface area contributed by atoms with Gasteiger partial charge in [0, 0.05) is 23.9 Å². The molecule has 5 heteroatoms. The molecule has 0 heterocycles. The lowest BCUT2D eigenvalue weighted by molar-refractivity contribution is 0.101. The summed E-state index contributed by atoms with van der Waals surface area (Å²) >= 11 is 0. The maximum absolute atomic E-state index is 12.9. The van der Waals surface area contributed by atoms with E-state index in [9.17, 15) is 13.2 Å². The van der Waals surface area contributed by atoms with E-state index in [2.05, 4.69) is 53.3 Å². The van der Waals surface area contributed by atoms with Crippen LogP contribution in [-0.2, 0) is 10.0 Å². The van der Waals surface area contributed by atoms with Crippen LogP contribution in [0, 0.1) is 5.92 Å². The molecule has 0 aromatic heterocycles. The summed E-state index contributed by atoms with van der Waals surface area (Å²) in [5, 5.41) is 0. The molecule has 3 aromatic carbocycles. The fraction of sp³-hybridized carbons (Fsp3) is 0.240. The number of hydrogen-bond acceptors (Lipinski definition) is 3. The van der Waals surface area contributed by atoms with Gasteiger partial charge >= 0.3 is 0 Å². The number of sulfonamides is 1. The van der Waals surface area contributed by atoms with Gasteiger partial charge in [-0.15, -0.1) is 0 Å². The number of benzene rings is 3. The Morgan fingerprint density at radius 1 is 0.900 bits per heavy atom. The molecule has 0 fully saturated rings. The van der Waals surface area contributed by atoms with Crippen LogP contribution in [-0.4, -0.2) is 20.7 Å². The second-order valence-corrected chi connectivity index (χ2v) is 9.99. The van der Waals surface area contributed by atoms with Gasteiger partial charge in [0.2, 0.25) is 10.0 Å². The molecule has 3 aliphatic rings. The van der Waals surface area contributed by atoms with Crippen molar-refractivity contribution in [3.05, 3.63) is 101 Å². The highest BCUT2D eigenvalue weighted by molar-refractivity contribution is 7.89. The van der Waals surface area contributed by atoms with Crippen LogP contribution < -0.4 is 4.72 Å². The number of carbonyl (C=O) groups is 1. The second kappa shape index (κ2) is 7.18. The molecule has 1 N–H and O–H groups in total. The van der Waals surface area contributed by atoms with Gasteiger partial charge in [0.25, 0.3) is 0 Å². The van der Waals surface area contributed by atoms with Crippen molar-refractivity contribution in [1.29, 1.82) is 0 Å². The lowest BCUT2D eigenvalue weighted by Gasteiger charge is -2.45. The summed E-state index contributed by atoms with van der Waals surface area (Å²) in [5.41, 5.74) is 5.77. The number of rotatable bonds is 5. The lowest BCUT2D eigenvalue weighted by Crippen LogP contribution is -2.39. The van der Waals surface area contributed by atoms with Crippen LogP contribution in [0.3, 0.4) is 0 Å². The standard InChI is InChI=1S/C25H23NO3S/c1-16(27)17-7-6-8-19(13-17)30(28,29)26-15-18-14-24-20-9-2-4-11-22(20)25(18)23-12-5-3-10-21(23)24/h2-13,18,24-26H,14-15H2,1H3. The summed E-state index contributed by atoms with van der Waals surface area (Å²) in [6.45, 7) is 1.81. The van der Waals surface area contributed by atoms with Crippen molar-refractivity contribution in [1.82, 2.24) is 4.72 Å². The third kappa shape index (κ3) is 3.09. The molecule has 3 aliphatic carbocycles. The highest BCUT2D eigenvalue weighted by Gasteiger charge is 2.43. The lowest BCUT2D eigenvalue weighted by atomic mass is 9.59. The van der Waals surface area contributed by atoms with Gasteiger partial charge < -0.3 is 0 Å². The van der Waals surface area contributed by atoms with E-state index in [0.717, 1.165) is 6.42 Å². The molecule has 0 saturated heterocycles. The first-order valence-electron chi connectivity index (χ1n) is 10.2. The number of Topliss-reactive ketones (excluding diaryl/α,β-unsaturated/α-hetero) is 1. The van der Waals surface area contributed by atoms with Crippen LogP contribution in [0.5, 0.6) is 0 Å². The van der Waals surface area contributed by atoms with E-state index in [1.165, 1.54) is 41.3 Å². The van der Waals surface area contributed by atoms with Crippen LogP contribution in [0.1, 0.15) is 57.8 Å². The molecular formula is C25H23NO3S. The van der Waals surface area contributed by atoms with Gasteiger partial charge in [0.05, 0.1) is 4.90 Å². The first-order chi connectivity index (χ1) is 14.5. The first-order valence-corrected chi connectivity index (χ1v) is 11.7. The van der Waals surface area contributed by atoms with Crippen molar-refractivity contribution in [2.24, 2.45) is 5.92 Å². The number of hydrogen-bond donors (Lipinski definition) is 1. The van der Waals surface area contributed by atoms with Crippen LogP contribution >= 0.6 is 0 Å². The van der Waals surface area contributed by atoms with E-state index >= 15 is 0 Å². The quantitative estimate of drug-likeness (QED) is 0.623. The molecule has 1 unspecified atom stereocenters. The van der Waals surface area contributed by atoms with Crippen molar-refractivity contribution in [3.63, 3.8) is 0 Å². The Morgan fingerprint density at radius 3 is 2.10 bits per heavy atom. The summed E-state index contributed by atoms with van der Waals surface area (Å²) in [5.74, 6) is 0.530. The van der Waals surface area contributed by atoms with Crippen LogP contribution in [0.15, 0.2) is 77.7 Å². The molecule has 2 bridgehead atoms. The van der Waals surface area contributed by atoms with E-state index in [-0.39, 0.29) is 22.5 Å². The molecule has 0 saturated carbocycles. The minimum absolute atomic E-state index is 0.136. The maximum atomic E-state index is 12.9. The van der Waals surface area contributed by atoms with Crippen molar-refractivity contribution in [3.8, 4) is 0 Å². The number of carbonyl (C=O) groups excluding carboxylic acids is 1. The molecule has 0 spiro atoms. The van der Waals surface area contributed by atoms with Gasteiger partial charge in [-0.1, -0.05) is 60.7 Å². The van der Waals surface area contributed by atoms with Crippen molar-refractivity contribution >= 4 is 15.8 Å². The molecule has 6 rings (SSSR count). The number of fused-ring (bicyclic) bond motifs is 1. The third-order valence-electron chi connectivity index (χ3n) is 6.51. The number of ketones is 1. The molecule has 0 aliphatic heterocycles. The Hall–Kier alpha value is -2.76. The molecule has 4 nitrogen and oxygen atoms in total. The van der Waals surface area contributed by atoms with Crippen molar-refractivity contribution in [2.45, 2.75) is 30.1 Å². The maximum Gasteiger partial charge on any atom is 0.240 e. The molecular weight excluding hydrogens is 394 g/mol. The summed E-state index contributed by atoms with van der Waals surface area (Å²) in [7, 11) is -3.69. The SMILES string of the molecule is CC(=O)c1cccc(S(=O)(=O)NCC2CC3c4ccccc4C2c2ccccc23)c1. The highest BCUT2D eigenvalue weighted by atomic mass is 32.2. The zero-order chi connectivity index (χ0) is 20.9. The number of nitrogens with one attached hydrogen (secondary N) is 1. The topological polar surface area (TPSA) is 63.2 Å². The van der Waals surface area contributed by atoms with Crippen molar-refractivity contribution < 1.29 is 13.2 Å². The monoisotopic (exact) mass is 417 g/mol. The summed E-state index contributed by atoms with van der Waals surface area (Å²) in [4.78, 5) is 11.8. The van der Waals surface area contributed by atoms with Crippen LogP contribution in [0.4, 0.5) is 0 Å². The van der Waals surface area contributed by atoms with Crippen LogP contribution in [0.2, 0.25) is 0 Å². The second-order valence-electron chi connectivity index (χ2n) is 8.22. The molecule has 30 heavy (non-hydrogen) atoms. The van der Waals surface area contributed by atoms with E-state index in [4.69, 9.17) is 0 Å². The third-order valence-corrected chi connectivity index (χ3v) is 7.93. The summed E-state index contributed by atoms with van der Waals surface area (Å²) < 4.78 is 28.7. The zero-order valence-corrected chi connectivity index (χ0v) is 17.5. The largest absolute Gasteiger partial charge is 0.295 e. The predicted octanol–water partition coefficient (Wildman–Crippen LogP) is 4.46. The van der Waals surface area contributed by atoms with Gasteiger partial charge in [-0.2, -0.15) is 0 Å². The summed E-state index contributed by atoms with van der Waals surface area (Å²) in [6, 6.07) is 23.3. The molecule has 0 radical (unpaired) electrons. The van der Waals surface area contributed by atoms with Crippen molar-refractivity contribution in [2.75, 3.05) is 6.54 Å². The fourth-order valence-corrected chi connectivity index (χ4v) is 6.28. The minimum Gasteiger partial charge on any atom is -0.295 e. The predicted molar refractivity (Wildman–Crippen MR) is 116 cm³/mol. The molecule has 152 valence electrons. The van der Waals surface area contributed by atoms with E-state index in [1.807, 2.05) is 0 Å². The van der Waals surface area contributed by atoms with Gasteiger partial charge in [-0.3, -0.25) is 4.79 Å². The van der Waals surface area contributed by atoms with Gasteiger partial charge in [-0.05, 0) is 53.6 Å². The molecule has 0 amide bonds. The van der Waals surface area contributed by atoms with E-state index in [0.29, 0.717) is 18.0 Å². The molecule has 3 aromatic rings. The van der Waals surface area contributed by atoms with Gasteiger partial charge in [-0.25, -0.2) is 13.1 Å². The minimum atomic E-state index is -3.69. The van der Waals surface area contributed by atoms with Gasteiger partial charge in [0.1, 0.15) is 0 Å². The Balaban J connectivity index is 1.44. The summed E-state index contributed by atoms with van der Waals surface area (Å²) in [6.07, 6.45) is 0.925. The first kappa shape index (κ1) is 19.2. The Bertz CT molecular complexity index is 1200. The molecule has 1 atom stereocenters. The normalized spacial score (nSPS) is 21.7. The average Bonchev–Trinajstić information content (AvgIpc) is 2.78. The highest BCUT2D eigenvalue weighted by Crippen LogP contribution is 2.55. The zero-order valence-electron chi connectivity index (χ0n) is 16.7. The Kier molecular flexibility index (Phi) is 4.60. The van der Waals surface area contributed by atoms with Crippen LogP contribution in [0.25, 0.3) is 0 Å². The van der Waals surface area contributed by atoms with E-state index < -0.39 is 10.0 Å². The van der Waals surface area contributed by atoms with E-state index in [1.54, 1.807) is 12.1 Å². The van der Waals surface area contributed by atoms with Gasteiger partial charge in [0.15, 0.2) is 5.78 Å². The fourth-order valence-electron chi connectivity index (χ4n) is 5.14.